The Morgan fingerprint density at radius 1 is 1.25 bits per heavy atom. The van der Waals surface area contributed by atoms with Gasteiger partial charge >= 0.3 is 0 Å². The van der Waals surface area contributed by atoms with Crippen molar-refractivity contribution in [1.29, 1.82) is 0 Å². The standard InChI is InChI=1S/C15H12ClN3S/c16-12-3-1-2-4-13(12)19-15-11(5-7-17-15)14(18-19)10-6-8-20-9-10/h1-4,6,8-9,17H,5,7H2. The number of rotatable bonds is 2. The van der Waals surface area contributed by atoms with Crippen molar-refractivity contribution in [3.05, 3.63) is 51.7 Å². The first kappa shape index (κ1) is 12.0. The van der Waals surface area contributed by atoms with Crippen molar-refractivity contribution in [3.8, 4) is 16.9 Å². The van der Waals surface area contributed by atoms with Crippen LogP contribution < -0.4 is 5.32 Å². The molecule has 1 aliphatic rings. The number of hydrogen-bond acceptors (Lipinski definition) is 3. The van der Waals surface area contributed by atoms with Gasteiger partial charge in [-0.3, -0.25) is 0 Å². The molecule has 0 aliphatic carbocycles. The lowest BCUT2D eigenvalue weighted by molar-refractivity contribution is 0.883. The van der Waals surface area contributed by atoms with Gasteiger partial charge in [0.25, 0.3) is 0 Å². The molecule has 0 bridgehead atoms. The second-order valence-electron chi connectivity index (χ2n) is 4.73. The molecule has 0 saturated carbocycles. The van der Waals surface area contributed by atoms with Gasteiger partial charge in [-0.15, -0.1) is 0 Å². The summed E-state index contributed by atoms with van der Waals surface area (Å²) in [7, 11) is 0. The molecular weight excluding hydrogens is 290 g/mol. The van der Waals surface area contributed by atoms with E-state index in [2.05, 4.69) is 22.1 Å². The summed E-state index contributed by atoms with van der Waals surface area (Å²) in [6, 6.07) is 9.91. The van der Waals surface area contributed by atoms with Gasteiger partial charge in [0, 0.05) is 23.1 Å². The number of hydrogen-bond donors (Lipinski definition) is 1. The Morgan fingerprint density at radius 3 is 2.95 bits per heavy atom. The van der Waals surface area contributed by atoms with E-state index in [1.165, 1.54) is 11.1 Å². The van der Waals surface area contributed by atoms with Gasteiger partial charge in [-0.1, -0.05) is 23.7 Å². The molecule has 20 heavy (non-hydrogen) atoms. The van der Waals surface area contributed by atoms with Gasteiger partial charge in [0.15, 0.2) is 0 Å². The molecule has 0 fully saturated rings. The first-order chi connectivity index (χ1) is 9.84. The van der Waals surface area contributed by atoms with Crippen LogP contribution in [0.2, 0.25) is 5.02 Å². The van der Waals surface area contributed by atoms with E-state index >= 15 is 0 Å². The zero-order valence-electron chi connectivity index (χ0n) is 10.6. The first-order valence-corrected chi connectivity index (χ1v) is 7.80. The maximum absolute atomic E-state index is 6.31. The van der Waals surface area contributed by atoms with E-state index in [1.807, 2.05) is 28.9 Å². The molecule has 4 rings (SSSR count). The molecule has 3 nitrogen and oxygen atoms in total. The maximum atomic E-state index is 6.31. The molecule has 1 aromatic carbocycles. The zero-order chi connectivity index (χ0) is 13.5. The van der Waals surface area contributed by atoms with Crippen molar-refractivity contribution in [1.82, 2.24) is 9.78 Å². The third kappa shape index (κ3) is 1.76. The SMILES string of the molecule is Clc1ccccc1-n1nc(-c2ccsc2)c2c1NCC2. The van der Waals surface area contributed by atoms with Crippen molar-refractivity contribution < 1.29 is 0 Å². The Balaban J connectivity index is 1.94. The molecule has 0 radical (unpaired) electrons. The van der Waals surface area contributed by atoms with E-state index in [4.69, 9.17) is 16.7 Å². The van der Waals surface area contributed by atoms with Crippen LogP contribution in [0.25, 0.3) is 16.9 Å². The van der Waals surface area contributed by atoms with Crippen LogP contribution in [0.5, 0.6) is 0 Å². The third-order valence-electron chi connectivity index (χ3n) is 3.53. The van der Waals surface area contributed by atoms with Crippen LogP contribution in [-0.2, 0) is 6.42 Å². The minimum Gasteiger partial charge on any atom is -0.369 e. The molecule has 1 N–H and O–H groups in total. The topological polar surface area (TPSA) is 29.9 Å². The fourth-order valence-electron chi connectivity index (χ4n) is 2.60. The van der Waals surface area contributed by atoms with Gasteiger partial charge in [-0.25, -0.2) is 4.68 Å². The van der Waals surface area contributed by atoms with Crippen LogP contribution in [0.15, 0.2) is 41.1 Å². The molecule has 1 aliphatic heterocycles. The highest BCUT2D eigenvalue weighted by Gasteiger charge is 2.24. The molecule has 3 heterocycles. The predicted octanol–water partition coefficient (Wildman–Crippen LogP) is 4.22. The summed E-state index contributed by atoms with van der Waals surface area (Å²) in [4.78, 5) is 0. The van der Waals surface area contributed by atoms with Crippen molar-refractivity contribution >= 4 is 28.8 Å². The number of thiophene rings is 1. The molecule has 3 aromatic rings. The second kappa shape index (κ2) is 4.65. The monoisotopic (exact) mass is 301 g/mol. The quantitative estimate of drug-likeness (QED) is 0.768. The molecular formula is C15H12ClN3S. The average Bonchev–Trinajstić information content (AvgIpc) is 3.16. The summed E-state index contributed by atoms with van der Waals surface area (Å²) in [5.41, 5.74) is 4.44. The highest BCUT2D eigenvalue weighted by atomic mass is 35.5. The number of aromatic nitrogens is 2. The Labute approximate surface area is 125 Å². The Kier molecular flexibility index (Phi) is 2.79. The molecule has 0 amide bonds. The van der Waals surface area contributed by atoms with Gasteiger partial charge in [0.05, 0.1) is 16.4 Å². The van der Waals surface area contributed by atoms with E-state index in [0.717, 1.165) is 30.2 Å². The number of fused-ring (bicyclic) bond motifs is 1. The van der Waals surface area contributed by atoms with E-state index in [-0.39, 0.29) is 0 Å². The Bertz CT molecular complexity index is 762. The Hall–Kier alpha value is -1.78. The van der Waals surface area contributed by atoms with Gasteiger partial charge in [-0.05, 0) is 30.0 Å². The summed E-state index contributed by atoms with van der Waals surface area (Å²) in [6.45, 7) is 0.953. The van der Waals surface area contributed by atoms with Gasteiger partial charge < -0.3 is 5.32 Å². The van der Waals surface area contributed by atoms with Gasteiger partial charge in [-0.2, -0.15) is 16.4 Å². The lowest BCUT2D eigenvalue weighted by Crippen LogP contribution is -2.04. The molecule has 100 valence electrons. The summed E-state index contributed by atoms with van der Waals surface area (Å²) in [6.07, 6.45) is 1.00. The highest BCUT2D eigenvalue weighted by Crippen LogP contribution is 2.36. The largest absolute Gasteiger partial charge is 0.369 e. The molecule has 2 aromatic heterocycles. The third-order valence-corrected chi connectivity index (χ3v) is 4.53. The smallest absolute Gasteiger partial charge is 0.133 e. The minimum absolute atomic E-state index is 0.711. The number of anilines is 1. The molecule has 0 saturated heterocycles. The number of nitrogens with zero attached hydrogens (tertiary/aromatic N) is 2. The fraction of sp³-hybridized carbons (Fsp3) is 0.133. The Morgan fingerprint density at radius 2 is 2.15 bits per heavy atom. The lowest BCUT2D eigenvalue weighted by atomic mass is 10.1. The zero-order valence-corrected chi connectivity index (χ0v) is 12.2. The number of nitrogens with one attached hydrogen (secondary N) is 1. The molecule has 0 atom stereocenters. The van der Waals surface area contributed by atoms with Crippen molar-refractivity contribution in [2.75, 3.05) is 11.9 Å². The van der Waals surface area contributed by atoms with Crippen molar-refractivity contribution in [3.63, 3.8) is 0 Å². The summed E-state index contributed by atoms with van der Waals surface area (Å²) < 4.78 is 1.93. The van der Waals surface area contributed by atoms with Gasteiger partial charge in [0.1, 0.15) is 5.82 Å². The fourth-order valence-corrected chi connectivity index (χ4v) is 3.46. The van der Waals surface area contributed by atoms with Crippen LogP contribution in [0.1, 0.15) is 5.56 Å². The minimum atomic E-state index is 0.711. The number of halogens is 1. The second-order valence-corrected chi connectivity index (χ2v) is 5.92. The normalized spacial score (nSPS) is 13.2. The van der Waals surface area contributed by atoms with Crippen LogP contribution in [0, 0.1) is 0 Å². The predicted molar refractivity (Wildman–Crippen MR) is 84.1 cm³/mol. The summed E-state index contributed by atoms with van der Waals surface area (Å²) in [5.74, 6) is 1.07. The van der Waals surface area contributed by atoms with Crippen LogP contribution >= 0.6 is 22.9 Å². The van der Waals surface area contributed by atoms with E-state index < -0.39 is 0 Å². The summed E-state index contributed by atoms with van der Waals surface area (Å²) >= 11 is 8.00. The maximum Gasteiger partial charge on any atom is 0.133 e. The average molecular weight is 302 g/mol. The van der Waals surface area contributed by atoms with Crippen molar-refractivity contribution in [2.24, 2.45) is 0 Å². The number of benzene rings is 1. The molecule has 5 heteroatoms. The number of para-hydroxylation sites is 1. The van der Waals surface area contributed by atoms with Crippen molar-refractivity contribution in [2.45, 2.75) is 6.42 Å². The van der Waals surface area contributed by atoms with E-state index in [9.17, 15) is 0 Å². The van der Waals surface area contributed by atoms with Crippen LogP contribution in [0.4, 0.5) is 5.82 Å². The van der Waals surface area contributed by atoms with Crippen LogP contribution in [0.3, 0.4) is 0 Å². The molecule has 0 spiro atoms. The van der Waals surface area contributed by atoms with E-state index in [0.29, 0.717) is 5.02 Å². The highest BCUT2D eigenvalue weighted by molar-refractivity contribution is 7.08. The van der Waals surface area contributed by atoms with E-state index in [1.54, 1.807) is 11.3 Å². The lowest BCUT2D eigenvalue weighted by Gasteiger charge is -2.07. The first-order valence-electron chi connectivity index (χ1n) is 6.48. The summed E-state index contributed by atoms with van der Waals surface area (Å²) in [5, 5.41) is 13.1. The van der Waals surface area contributed by atoms with Crippen LogP contribution in [-0.4, -0.2) is 16.3 Å². The van der Waals surface area contributed by atoms with Gasteiger partial charge in [0.2, 0.25) is 0 Å². The molecule has 0 unspecified atom stereocenters.